The molecule has 4 rings (SSSR count). The second-order valence-electron chi connectivity index (χ2n) is 8.00. The zero-order valence-electron chi connectivity index (χ0n) is 18.9. The molecule has 0 atom stereocenters. The number of halogens is 1. The molecule has 1 aliphatic heterocycles. The maximum atomic E-state index is 11.9. The van der Waals surface area contributed by atoms with Gasteiger partial charge in [-0.2, -0.15) is 0 Å². The third-order valence-electron chi connectivity index (χ3n) is 5.72. The Labute approximate surface area is 212 Å². The van der Waals surface area contributed by atoms with Crippen LogP contribution >= 0.6 is 24.0 Å². The van der Waals surface area contributed by atoms with Crippen LogP contribution in [0.2, 0.25) is 0 Å². The van der Waals surface area contributed by atoms with Gasteiger partial charge >= 0.3 is 0 Å². The summed E-state index contributed by atoms with van der Waals surface area (Å²) >= 11 is 0. The van der Waals surface area contributed by atoms with E-state index in [-0.39, 0.29) is 35.6 Å². The first-order valence-electron chi connectivity index (χ1n) is 11.1. The average molecular weight is 558 g/mol. The minimum Gasteiger partial charge on any atom is -0.490 e. The van der Waals surface area contributed by atoms with Gasteiger partial charge in [0.25, 0.3) is 5.56 Å². The number of guanidine groups is 1. The predicted molar refractivity (Wildman–Crippen MR) is 144 cm³/mol. The lowest BCUT2D eigenvalue weighted by molar-refractivity contribution is 0.129. The summed E-state index contributed by atoms with van der Waals surface area (Å²) in [7, 11) is 1.83. The molecule has 7 heteroatoms. The van der Waals surface area contributed by atoms with E-state index in [1.165, 1.54) is 5.56 Å². The Morgan fingerprint density at radius 2 is 1.64 bits per heavy atom. The topological polar surface area (TPSA) is 58.9 Å². The Balaban J connectivity index is 0.00000306. The van der Waals surface area contributed by atoms with Crippen molar-refractivity contribution >= 4 is 29.9 Å². The van der Waals surface area contributed by atoms with Crippen LogP contribution in [-0.2, 0) is 13.1 Å². The molecule has 0 unspecified atom stereocenters. The van der Waals surface area contributed by atoms with E-state index in [0.29, 0.717) is 13.1 Å². The van der Waals surface area contributed by atoms with E-state index in [1.807, 2.05) is 49.6 Å². The highest BCUT2D eigenvalue weighted by Gasteiger charge is 2.22. The van der Waals surface area contributed by atoms with Crippen LogP contribution in [0.15, 0.2) is 88.8 Å². The molecule has 0 bridgehead atoms. The van der Waals surface area contributed by atoms with E-state index in [1.54, 1.807) is 16.7 Å². The first kappa shape index (κ1) is 24.8. The molecule has 33 heavy (non-hydrogen) atoms. The van der Waals surface area contributed by atoms with E-state index >= 15 is 0 Å². The third kappa shape index (κ3) is 7.08. The second kappa shape index (κ2) is 12.4. The van der Waals surface area contributed by atoms with Gasteiger partial charge in [-0.3, -0.25) is 9.79 Å². The number of para-hydroxylation sites is 1. The number of ether oxygens (including phenoxy) is 1. The number of hydrogen-bond acceptors (Lipinski definition) is 3. The number of piperidine rings is 1. The lowest BCUT2D eigenvalue weighted by Crippen LogP contribution is -2.47. The molecule has 174 valence electrons. The van der Waals surface area contributed by atoms with Crippen LogP contribution in [0.25, 0.3) is 0 Å². The summed E-state index contributed by atoms with van der Waals surface area (Å²) in [6, 6.07) is 23.6. The van der Waals surface area contributed by atoms with Crippen LogP contribution in [0.3, 0.4) is 0 Å². The molecule has 0 spiro atoms. The quantitative estimate of drug-likeness (QED) is 0.281. The molecule has 0 radical (unpaired) electrons. The Kier molecular flexibility index (Phi) is 9.35. The SMILES string of the molecule is CN=C(NCc1ccc(Cn2ccccc2=O)cc1)N1CCC(Oc2ccccc2)CC1.I. The summed E-state index contributed by atoms with van der Waals surface area (Å²) in [6.45, 7) is 3.12. The molecule has 2 heterocycles. The Hall–Kier alpha value is -2.81. The molecule has 2 aromatic carbocycles. The molecule has 3 aromatic rings. The molecule has 0 saturated carbocycles. The van der Waals surface area contributed by atoms with Gasteiger partial charge in [0, 0.05) is 51.8 Å². The van der Waals surface area contributed by atoms with Crippen LogP contribution in [0.1, 0.15) is 24.0 Å². The first-order chi connectivity index (χ1) is 15.7. The van der Waals surface area contributed by atoms with Crippen LogP contribution in [0.4, 0.5) is 0 Å². The van der Waals surface area contributed by atoms with Crippen molar-refractivity contribution in [2.45, 2.75) is 32.0 Å². The highest BCUT2D eigenvalue weighted by atomic mass is 127. The van der Waals surface area contributed by atoms with E-state index in [4.69, 9.17) is 4.74 Å². The van der Waals surface area contributed by atoms with E-state index in [9.17, 15) is 4.79 Å². The van der Waals surface area contributed by atoms with Crippen LogP contribution in [-0.4, -0.2) is 41.7 Å². The Bertz CT molecular complexity index is 1080. The van der Waals surface area contributed by atoms with Gasteiger partial charge < -0.3 is 19.5 Å². The molecule has 1 aliphatic rings. The number of nitrogens with one attached hydrogen (secondary N) is 1. The standard InChI is InChI=1S/C26H30N4O2.HI/c1-27-26(29-17-14-24(15-18-29)32-23-7-3-2-4-8-23)28-19-21-10-12-22(13-11-21)20-30-16-6-5-9-25(30)31;/h2-13,16,24H,14-15,17-20H2,1H3,(H,27,28);1H. The smallest absolute Gasteiger partial charge is 0.250 e. The predicted octanol–water partition coefficient (Wildman–Crippen LogP) is 4.13. The van der Waals surface area contributed by atoms with E-state index in [2.05, 4.69) is 39.5 Å². The van der Waals surface area contributed by atoms with Crippen molar-refractivity contribution in [3.8, 4) is 5.75 Å². The number of nitrogens with zero attached hydrogens (tertiary/aromatic N) is 3. The zero-order valence-corrected chi connectivity index (χ0v) is 21.2. The van der Waals surface area contributed by atoms with Crippen molar-refractivity contribution in [2.75, 3.05) is 20.1 Å². The number of rotatable bonds is 6. The minimum atomic E-state index is 0. The minimum absolute atomic E-state index is 0. The largest absolute Gasteiger partial charge is 0.490 e. The molecule has 1 fully saturated rings. The molecule has 1 aromatic heterocycles. The maximum Gasteiger partial charge on any atom is 0.250 e. The Morgan fingerprint density at radius 1 is 0.970 bits per heavy atom. The highest BCUT2D eigenvalue weighted by Crippen LogP contribution is 2.18. The van der Waals surface area contributed by atoms with Crippen LogP contribution in [0, 0.1) is 0 Å². The number of benzene rings is 2. The van der Waals surface area contributed by atoms with Crippen molar-refractivity contribution < 1.29 is 4.74 Å². The summed E-state index contributed by atoms with van der Waals surface area (Å²) in [5, 5.41) is 3.48. The van der Waals surface area contributed by atoms with Crippen molar-refractivity contribution in [1.82, 2.24) is 14.8 Å². The van der Waals surface area contributed by atoms with Gasteiger partial charge in [-0.15, -0.1) is 24.0 Å². The molecule has 1 saturated heterocycles. The molecule has 6 nitrogen and oxygen atoms in total. The average Bonchev–Trinajstić information content (AvgIpc) is 2.83. The number of pyridine rings is 1. The van der Waals surface area contributed by atoms with Crippen molar-refractivity contribution in [1.29, 1.82) is 0 Å². The van der Waals surface area contributed by atoms with Crippen molar-refractivity contribution in [3.63, 3.8) is 0 Å². The summed E-state index contributed by atoms with van der Waals surface area (Å²) in [5.74, 6) is 1.86. The monoisotopic (exact) mass is 558 g/mol. The Morgan fingerprint density at radius 3 is 2.30 bits per heavy atom. The number of likely N-dealkylation sites (tertiary alicyclic amines) is 1. The fourth-order valence-corrected chi connectivity index (χ4v) is 3.94. The second-order valence-corrected chi connectivity index (χ2v) is 8.00. The molecular formula is C26H31IN4O2. The van der Waals surface area contributed by atoms with Gasteiger partial charge in [-0.1, -0.05) is 48.5 Å². The third-order valence-corrected chi connectivity index (χ3v) is 5.72. The molecular weight excluding hydrogens is 527 g/mol. The maximum absolute atomic E-state index is 11.9. The summed E-state index contributed by atoms with van der Waals surface area (Å²) in [5.41, 5.74) is 2.30. The molecule has 0 aliphatic carbocycles. The van der Waals surface area contributed by atoms with Crippen LogP contribution < -0.4 is 15.6 Å². The fraction of sp³-hybridized carbons (Fsp3) is 0.308. The van der Waals surface area contributed by atoms with Gasteiger partial charge in [0.2, 0.25) is 0 Å². The number of aromatic nitrogens is 1. The summed E-state index contributed by atoms with van der Waals surface area (Å²) in [6.07, 6.45) is 4.01. The van der Waals surface area contributed by atoms with Gasteiger partial charge in [0.15, 0.2) is 5.96 Å². The van der Waals surface area contributed by atoms with Crippen molar-refractivity contribution in [2.24, 2.45) is 4.99 Å². The van der Waals surface area contributed by atoms with Crippen molar-refractivity contribution in [3.05, 3.63) is 100 Å². The first-order valence-corrected chi connectivity index (χ1v) is 11.1. The number of aliphatic imine (C=N–C) groups is 1. The van der Waals surface area contributed by atoms with Crippen LogP contribution in [0.5, 0.6) is 5.75 Å². The lowest BCUT2D eigenvalue weighted by atomic mass is 10.1. The highest BCUT2D eigenvalue weighted by molar-refractivity contribution is 14.0. The molecule has 0 amide bonds. The summed E-state index contributed by atoms with van der Waals surface area (Å²) < 4.78 is 7.81. The van der Waals surface area contributed by atoms with Gasteiger partial charge in [-0.05, 0) is 29.3 Å². The molecule has 1 N–H and O–H groups in total. The van der Waals surface area contributed by atoms with Gasteiger partial charge in [0.05, 0.1) is 6.54 Å². The van der Waals surface area contributed by atoms with E-state index < -0.39 is 0 Å². The fourth-order valence-electron chi connectivity index (χ4n) is 3.94. The zero-order chi connectivity index (χ0) is 22.2. The number of hydrogen-bond donors (Lipinski definition) is 1. The van der Waals surface area contributed by atoms with Gasteiger partial charge in [-0.25, -0.2) is 0 Å². The normalized spacial score (nSPS) is 14.5. The van der Waals surface area contributed by atoms with E-state index in [0.717, 1.165) is 43.2 Å². The summed E-state index contributed by atoms with van der Waals surface area (Å²) in [4.78, 5) is 18.7. The lowest BCUT2D eigenvalue weighted by Gasteiger charge is -2.34. The van der Waals surface area contributed by atoms with Gasteiger partial charge in [0.1, 0.15) is 11.9 Å².